The third-order valence-corrected chi connectivity index (χ3v) is 7.69. The summed E-state index contributed by atoms with van der Waals surface area (Å²) in [5, 5.41) is 3.06. The van der Waals surface area contributed by atoms with Crippen molar-refractivity contribution in [1.29, 1.82) is 0 Å². The molecule has 0 aliphatic carbocycles. The minimum absolute atomic E-state index is 0.141. The van der Waals surface area contributed by atoms with E-state index in [2.05, 4.69) is 5.32 Å². The normalized spacial score (nSPS) is 16.8. The van der Waals surface area contributed by atoms with Crippen LogP contribution in [0.5, 0.6) is 5.75 Å². The topological polar surface area (TPSA) is 75.7 Å². The van der Waals surface area contributed by atoms with Gasteiger partial charge in [0.1, 0.15) is 17.9 Å². The molecule has 0 saturated carbocycles. The standard InChI is InChI=1S/C27H30N2O4S/c1-19-10-13-22(14-11-19)34(31,32)29(21-8-6-5-7-9-21)18-26(30)28-24-17-27(3,4)33-25-16-20(2)12-15-23(24)25/h5-16,24H,17-18H2,1-4H3,(H,28,30). The van der Waals surface area contributed by atoms with E-state index in [9.17, 15) is 13.2 Å². The van der Waals surface area contributed by atoms with Gasteiger partial charge < -0.3 is 10.1 Å². The van der Waals surface area contributed by atoms with Crippen molar-refractivity contribution in [3.63, 3.8) is 0 Å². The van der Waals surface area contributed by atoms with E-state index >= 15 is 0 Å². The molecule has 1 atom stereocenters. The van der Waals surface area contributed by atoms with Crippen molar-refractivity contribution >= 4 is 21.6 Å². The van der Waals surface area contributed by atoms with E-state index in [0.717, 1.165) is 26.7 Å². The number of benzene rings is 3. The molecule has 0 spiro atoms. The third-order valence-electron chi connectivity index (χ3n) is 5.90. The number of amides is 1. The SMILES string of the molecule is Cc1ccc(S(=O)(=O)N(CC(=O)NC2CC(C)(C)Oc3cc(C)ccc32)c2ccccc2)cc1. The van der Waals surface area contributed by atoms with E-state index < -0.39 is 15.6 Å². The van der Waals surface area contributed by atoms with Gasteiger partial charge in [-0.25, -0.2) is 8.42 Å². The fourth-order valence-corrected chi connectivity index (χ4v) is 5.63. The Morgan fingerprint density at radius 3 is 2.32 bits per heavy atom. The Hall–Kier alpha value is -3.32. The van der Waals surface area contributed by atoms with Crippen LogP contribution in [0.4, 0.5) is 5.69 Å². The van der Waals surface area contributed by atoms with Crippen molar-refractivity contribution in [3.8, 4) is 5.75 Å². The number of carbonyl (C=O) groups is 1. The van der Waals surface area contributed by atoms with Crippen LogP contribution in [0.15, 0.2) is 77.7 Å². The molecule has 178 valence electrons. The largest absolute Gasteiger partial charge is 0.487 e. The molecule has 0 radical (unpaired) electrons. The average molecular weight is 479 g/mol. The van der Waals surface area contributed by atoms with Crippen LogP contribution in [-0.2, 0) is 14.8 Å². The van der Waals surface area contributed by atoms with Crippen LogP contribution in [-0.4, -0.2) is 26.5 Å². The van der Waals surface area contributed by atoms with Crippen LogP contribution in [0.3, 0.4) is 0 Å². The number of fused-ring (bicyclic) bond motifs is 1. The van der Waals surface area contributed by atoms with Crippen molar-refractivity contribution in [2.75, 3.05) is 10.8 Å². The number of ether oxygens (including phenoxy) is 1. The molecule has 0 fully saturated rings. The molecule has 1 amide bonds. The summed E-state index contributed by atoms with van der Waals surface area (Å²) in [5.74, 6) is 0.363. The van der Waals surface area contributed by atoms with Crippen molar-refractivity contribution < 1.29 is 17.9 Å². The second-order valence-electron chi connectivity index (χ2n) is 9.39. The lowest BCUT2D eigenvalue weighted by molar-refractivity contribution is -0.120. The molecule has 0 saturated heterocycles. The predicted octanol–water partition coefficient (Wildman–Crippen LogP) is 4.92. The minimum Gasteiger partial charge on any atom is -0.487 e. The number of carbonyl (C=O) groups excluding carboxylic acids is 1. The van der Waals surface area contributed by atoms with Gasteiger partial charge in [-0.15, -0.1) is 0 Å². The average Bonchev–Trinajstić information content (AvgIpc) is 2.77. The number of aryl methyl sites for hydroxylation is 2. The van der Waals surface area contributed by atoms with Crippen molar-refractivity contribution in [2.45, 2.75) is 50.7 Å². The summed E-state index contributed by atoms with van der Waals surface area (Å²) in [6, 6.07) is 21.0. The lowest BCUT2D eigenvalue weighted by atomic mass is 9.89. The summed E-state index contributed by atoms with van der Waals surface area (Å²) in [4.78, 5) is 13.4. The second-order valence-corrected chi connectivity index (χ2v) is 11.2. The number of anilines is 1. The molecule has 1 heterocycles. The molecule has 34 heavy (non-hydrogen) atoms. The second kappa shape index (κ2) is 9.14. The number of nitrogens with one attached hydrogen (secondary N) is 1. The first kappa shape index (κ1) is 23.8. The number of rotatable bonds is 6. The Bertz CT molecular complexity index is 1290. The summed E-state index contributed by atoms with van der Waals surface area (Å²) in [6.45, 7) is 7.52. The number of hydrogen-bond acceptors (Lipinski definition) is 4. The van der Waals surface area contributed by atoms with Gasteiger partial charge in [0.25, 0.3) is 10.0 Å². The van der Waals surface area contributed by atoms with Gasteiger partial charge in [-0.3, -0.25) is 9.10 Å². The van der Waals surface area contributed by atoms with E-state index in [1.165, 1.54) is 0 Å². The molecule has 1 aliphatic heterocycles. The van der Waals surface area contributed by atoms with Crippen LogP contribution < -0.4 is 14.4 Å². The Morgan fingerprint density at radius 2 is 1.65 bits per heavy atom. The maximum atomic E-state index is 13.5. The lowest BCUT2D eigenvalue weighted by Gasteiger charge is -2.38. The van der Waals surface area contributed by atoms with Crippen LogP contribution >= 0.6 is 0 Å². The fraction of sp³-hybridized carbons (Fsp3) is 0.296. The molecule has 3 aromatic carbocycles. The van der Waals surface area contributed by atoms with Crippen LogP contribution in [0, 0.1) is 13.8 Å². The van der Waals surface area contributed by atoms with Crippen LogP contribution in [0.1, 0.15) is 43.0 Å². The molecule has 0 bridgehead atoms. The van der Waals surface area contributed by atoms with Gasteiger partial charge in [-0.1, -0.05) is 48.0 Å². The highest BCUT2D eigenvalue weighted by atomic mass is 32.2. The smallest absolute Gasteiger partial charge is 0.264 e. The first-order chi connectivity index (χ1) is 16.0. The van der Waals surface area contributed by atoms with E-state index in [0.29, 0.717) is 12.1 Å². The molecule has 1 aliphatic rings. The summed E-state index contributed by atoms with van der Waals surface area (Å²) < 4.78 is 34.4. The Kier molecular flexibility index (Phi) is 6.41. The Balaban J connectivity index is 1.63. The number of nitrogens with zero attached hydrogens (tertiary/aromatic N) is 1. The zero-order chi connectivity index (χ0) is 24.5. The first-order valence-corrected chi connectivity index (χ1v) is 12.7. The van der Waals surface area contributed by atoms with E-state index in [1.807, 2.05) is 52.0 Å². The Morgan fingerprint density at radius 1 is 1.00 bits per heavy atom. The van der Waals surface area contributed by atoms with E-state index in [4.69, 9.17) is 4.74 Å². The molecule has 6 nitrogen and oxygen atoms in total. The zero-order valence-corrected chi connectivity index (χ0v) is 20.7. The van der Waals surface area contributed by atoms with Crippen molar-refractivity contribution in [1.82, 2.24) is 5.32 Å². The minimum atomic E-state index is -3.95. The van der Waals surface area contributed by atoms with Gasteiger partial charge in [-0.05, 0) is 63.6 Å². The predicted molar refractivity (Wildman–Crippen MR) is 134 cm³/mol. The molecule has 0 aromatic heterocycles. The molecule has 1 unspecified atom stereocenters. The summed E-state index contributed by atoms with van der Waals surface area (Å²) in [6.07, 6.45) is 0.574. The lowest BCUT2D eigenvalue weighted by Crippen LogP contribution is -2.45. The highest BCUT2D eigenvalue weighted by Gasteiger charge is 2.35. The number of hydrogen-bond donors (Lipinski definition) is 1. The van der Waals surface area contributed by atoms with Gasteiger partial charge in [0.05, 0.1) is 16.6 Å². The molecule has 3 aromatic rings. The maximum Gasteiger partial charge on any atom is 0.264 e. The highest BCUT2D eigenvalue weighted by Crippen LogP contribution is 2.40. The number of sulfonamides is 1. The first-order valence-electron chi connectivity index (χ1n) is 11.3. The monoisotopic (exact) mass is 478 g/mol. The van der Waals surface area contributed by atoms with Crippen molar-refractivity contribution in [2.24, 2.45) is 0 Å². The molecule has 1 N–H and O–H groups in total. The zero-order valence-electron chi connectivity index (χ0n) is 19.9. The molecular weight excluding hydrogens is 448 g/mol. The van der Waals surface area contributed by atoms with Crippen molar-refractivity contribution in [3.05, 3.63) is 89.5 Å². The summed E-state index contributed by atoms with van der Waals surface area (Å²) >= 11 is 0. The van der Waals surface area contributed by atoms with Crippen LogP contribution in [0.25, 0.3) is 0 Å². The molecule has 4 rings (SSSR count). The number of para-hydroxylation sites is 1. The molecular formula is C27H30N2O4S. The summed E-state index contributed by atoms with van der Waals surface area (Å²) in [7, 11) is -3.95. The molecule has 7 heteroatoms. The van der Waals surface area contributed by atoms with Gasteiger partial charge >= 0.3 is 0 Å². The van der Waals surface area contributed by atoms with Gasteiger partial charge in [0, 0.05) is 12.0 Å². The fourth-order valence-electron chi connectivity index (χ4n) is 4.20. The van der Waals surface area contributed by atoms with E-state index in [1.54, 1.807) is 48.5 Å². The highest BCUT2D eigenvalue weighted by molar-refractivity contribution is 7.92. The Labute approximate surface area is 201 Å². The third kappa shape index (κ3) is 5.09. The quantitative estimate of drug-likeness (QED) is 0.546. The summed E-state index contributed by atoms with van der Waals surface area (Å²) in [5.41, 5.74) is 2.89. The van der Waals surface area contributed by atoms with Gasteiger partial charge in [0.2, 0.25) is 5.91 Å². The van der Waals surface area contributed by atoms with E-state index in [-0.39, 0.29) is 23.4 Å². The van der Waals surface area contributed by atoms with Gasteiger partial charge in [-0.2, -0.15) is 0 Å². The maximum absolute atomic E-state index is 13.5. The van der Waals surface area contributed by atoms with Gasteiger partial charge in [0.15, 0.2) is 0 Å². The van der Waals surface area contributed by atoms with Crippen LogP contribution in [0.2, 0.25) is 0 Å².